The van der Waals surface area contributed by atoms with E-state index in [1.54, 1.807) is 31.1 Å². The molecule has 1 aromatic carbocycles. The summed E-state index contributed by atoms with van der Waals surface area (Å²) in [6.45, 7) is 2.16. The van der Waals surface area contributed by atoms with E-state index in [1.807, 2.05) is 0 Å². The number of hydrogen-bond donors (Lipinski definition) is 0. The van der Waals surface area contributed by atoms with E-state index in [0.29, 0.717) is 41.8 Å². The standard InChI is InChI=1S/C18H19ClFN3O3/c1-9-21-22-17(26-9)15-6-10(25-2)8-23(15)18(24)12-7-11(12)16-13(19)4-3-5-14(16)20/h3-5,10-12,15H,6-8H2,1-2H3/t10-,11?,12?,15-/m1/s1. The molecule has 0 N–H and O–H groups in total. The van der Waals surface area contributed by atoms with Gasteiger partial charge < -0.3 is 14.1 Å². The first kappa shape index (κ1) is 17.4. The third kappa shape index (κ3) is 2.99. The van der Waals surface area contributed by atoms with Gasteiger partial charge in [-0.2, -0.15) is 0 Å². The van der Waals surface area contributed by atoms with Gasteiger partial charge in [-0.1, -0.05) is 17.7 Å². The number of benzene rings is 1. The summed E-state index contributed by atoms with van der Waals surface area (Å²) in [4.78, 5) is 14.8. The van der Waals surface area contributed by atoms with Gasteiger partial charge in [0.25, 0.3) is 0 Å². The van der Waals surface area contributed by atoms with E-state index in [0.717, 1.165) is 0 Å². The van der Waals surface area contributed by atoms with Crippen molar-refractivity contribution < 1.29 is 18.3 Å². The molecule has 1 aliphatic carbocycles. The van der Waals surface area contributed by atoms with Crippen LogP contribution in [0, 0.1) is 18.7 Å². The Morgan fingerprint density at radius 1 is 1.38 bits per heavy atom. The number of methoxy groups -OCH3 is 1. The topological polar surface area (TPSA) is 68.5 Å². The van der Waals surface area contributed by atoms with Crippen molar-refractivity contribution in [3.63, 3.8) is 0 Å². The van der Waals surface area contributed by atoms with Crippen molar-refractivity contribution in [3.8, 4) is 0 Å². The minimum atomic E-state index is -0.363. The molecule has 26 heavy (non-hydrogen) atoms. The van der Waals surface area contributed by atoms with Gasteiger partial charge in [0.15, 0.2) is 0 Å². The molecule has 0 spiro atoms. The zero-order valence-corrected chi connectivity index (χ0v) is 15.2. The van der Waals surface area contributed by atoms with E-state index >= 15 is 0 Å². The molecule has 2 heterocycles. The second kappa shape index (κ2) is 6.63. The average molecular weight is 380 g/mol. The summed E-state index contributed by atoms with van der Waals surface area (Å²) in [5.41, 5.74) is 0.431. The number of rotatable bonds is 4. The Kier molecular flexibility index (Phi) is 4.44. The molecule has 138 valence electrons. The van der Waals surface area contributed by atoms with Crippen LogP contribution in [-0.2, 0) is 9.53 Å². The second-order valence-electron chi connectivity index (χ2n) is 6.84. The van der Waals surface area contributed by atoms with Crippen LogP contribution in [0.1, 0.15) is 42.1 Å². The quantitative estimate of drug-likeness (QED) is 0.815. The highest BCUT2D eigenvalue weighted by Gasteiger charge is 2.51. The van der Waals surface area contributed by atoms with Crippen LogP contribution in [0.5, 0.6) is 0 Å². The molecular formula is C18H19ClFN3O3. The van der Waals surface area contributed by atoms with Gasteiger partial charge in [0, 0.05) is 49.4 Å². The first-order valence-corrected chi connectivity index (χ1v) is 8.94. The zero-order chi connectivity index (χ0) is 18.4. The number of aryl methyl sites for hydroxylation is 1. The highest BCUT2D eigenvalue weighted by molar-refractivity contribution is 6.31. The van der Waals surface area contributed by atoms with Crippen LogP contribution in [0.4, 0.5) is 4.39 Å². The van der Waals surface area contributed by atoms with Crippen molar-refractivity contribution in [1.29, 1.82) is 0 Å². The van der Waals surface area contributed by atoms with E-state index in [2.05, 4.69) is 10.2 Å². The third-order valence-electron chi connectivity index (χ3n) is 5.18. The fraction of sp³-hybridized carbons (Fsp3) is 0.500. The summed E-state index contributed by atoms with van der Waals surface area (Å²) in [5, 5.41) is 8.29. The summed E-state index contributed by atoms with van der Waals surface area (Å²) in [7, 11) is 1.62. The number of hydrogen-bond acceptors (Lipinski definition) is 5. The molecule has 1 saturated heterocycles. The summed E-state index contributed by atoms with van der Waals surface area (Å²) in [6, 6.07) is 4.28. The van der Waals surface area contributed by atoms with Gasteiger partial charge in [-0.3, -0.25) is 4.79 Å². The number of carbonyl (C=O) groups is 1. The van der Waals surface area contributed by atoms with Crippen molar-refractivity contribution in [1.82, 2.24) is 15.1 Å². The summed E-state index contributed by atoms with van der Waals surface area (Å²) < 4.78 is 25.1. The number of aromatic nitrogens is 2. The Morgan fingerprint density at radius 2 is 2.19 bits per heavy atom. The average Bonchev–Trinajstić information content (AvgIpc) is 3.07. The second-order valence-corrected chi connectivity index (χ2v) is 7.25. The van der Waals surface area contributed by atoms with E-state index in [-0.39, 0.29) is 35.7 Å². The van der Waals surface area contributed by atoms with Gasteiger partial charge in [0.05, 0.1) is 6.10 Å². The number of ether oxygens (including phenoxy) is 1. The number of likely N-dealkylation sites (tertiary alicyclic amines) is 1. The summed E-state index contributed by atoms with van der Waals surface area (Å²) >= 11 is 6.15. The first-order valence-electron chi connectivity index (χ1n) is 8.56. The highest BCUT2D eigenvalue weighted by atomic mass is 35.5. The number of nitrogens with zero attached hydrogens (tertiary/aromatic N) is 3. The van der Waals surface area contributed by atoms with Gasteiger partial charge in [0.2, 0.25) is 17.7 Å². The molecule has 0 radical (unpaired) electrons. The molecular weight excluding hydrogens is 361 g/mol. The lowest BCUT2D eigenvalue weighted by Crippen LogP contribution is -2.33. The molecule has 2 unspecified atom stereocenters. The van der Waals surface area contributed by atoms with Gasteiger partial charge >= 0.3 is 0 Å². The predicted octanol–water partition coefficient (Wildman–Crippen LogP) is 3.26. The predicted molar refractivity (Wildman–Crippen MR) is 91.2 cm³/mol. The summed E-state index contributed by atoms with van der Waals surface area (Å²) in [6.07, 6.45) is 1.09. The molecule has 6 nitrogen and oxygen atoms in total. The van der Waals surface area contributed by atoms with Crippen molar-refractivity contribution in [2.24, 2.45) is 5.92 Å². The molecule has 8 heteroatoms. The minimum absolute atomic E-state index is 0.0466. The lowest BCUT2D eigenvalue weighted by molar-refractivity contribution is -0.134. The minimum Gasteiger partial charge on any atom is -0.423 e. The SMILES string of the molecule is CO[C@@H]1C[C@H](c2nnc(C)o2)N(C(=O)C2CC2c2c(F)cccc2Cl)C1. The van der Waals surface area contributed by atoms with E-state index in [4.69, 9.17) is 20.8 Å². The molecule has 4 rings (SSSR count). The molecule has 4 atom stereocenters. The lowest BCUT2D eigenvalue weighted by Gasteiger charge is -2.22. The van der Waals surface area contributed by atoms with Crippen LogP contribution in [0.25, 0.3) is 0 Å². The monoisotopic (exact) mass is 379 g/mol. The molecule has 1 amide bonds. The maximum absolute atomic E-state index is 14.2. The van der Waals surface area contributed by atoms with Gasteiger partial charge in [-0.05, 0) is 18.6 Å². The molecule has 1 saturated carbocycles. The zero-order valence-electron chi connectivity index (χ0n) is 14.5. The first-order chi connectivity index (χ1) is 12.5. The Morgan fingerprint density at radius 3 is 2.85 bits per heavy atom. The third-order valence-corrected chi connectivity index (χ3v) is 5.51. The number of amides is 1. The molecule has 2 fully saturated rings. The van der Waals surface area contributed by atoms with Crippen LogP contribution < -0.4 is 0 Å². The normalized spacial score (nSPS) is 27.8. The Hall–Kier alpha value is -1.99. The maximum atomic E-state index is 14.2. The molecule has 1 aromatic heterocycles. The van der Waals surface area contributed by atoms with Crippen LogP contribution in [0.3, 0.4) is 0 Å². The van der Waals surface area contributed by atoms with Crippen LogP contribution in [0.15, 0.2) is 22.6 Å². The van der Waals surface area contributed by atoms with E-state index in [9.17, 15) is 9.18 Å². The van der Waals surface area contributed by atoms with E-state index in [1.165, 1.54) is 6.07 Å². The number of halogens is 2. The van der Waals surface area contributed by atoms with Gasteiger partial charge in [-0.15, -0.1) is 10.2 Å². The highest BCUT2D eigenvalue weighted by Crippen LogP contribution is 2.52. The van der Waals surface area contributed by atoms with Crippen molar-refractivity contribution in [2.75, 3.05) is 13.7 Å². The smallest absolute Gasteiger partial charge is 0.239 e. The molecule has 2 aromatic rings. The maximum Gasteiger partial charge on any atom is 0.239 e. The summed E-state index contributed by atoms with van der Waals surface area (Å²) in [5.74, 6) is -0.0191. The fourth-order valence-corrected chi connectivity index (χ4v) is 4.06. The van der Waals surface area contributed by atoms with E-state index < -0.39 is 0 Å². The Balaban J connectivity index is 1.55. The molecule has 0 bridgehead atoms. The molecule has 2 aliphatic rings. The lowest BCUT2D eigenvalue weighted by atomic mass is 10.1. The fourth-order valence-electron chi connectivity index (χ4n) is 3.76. The van der Waals surface area contributed by atoms with Crippen molar-refractivity contribution in [2.45, 2.75) is 37.8 Å². The largest absolute Gasteiger partial charge is 0.423 e. The van der Waals surface area contributed by atoms with Crippen LogP contribution in [-0.4, -0.2) is 40.8 Å². The van der Waals surface area contributed by atoms with Crippen LogP contribution in [0.2, 0.25) is 5.02 Å². The number of carbonyl (C=O) groups excluding carboxylic acids is 1. The van der Waals surface area contributed by atoms with Crippen LogP contribution >= 0.6 is 11.6 Å². The van der Waals surface area contributed by atoms with Crippen molar-refractivity contribution >= 4 is 17.5 Å². The van der Waals surface area contributed by atoms with Gasteiger partial charge in [-0.25, -0.2) is 4.39 Å². The van der Waals surface area contributed by atoms with Gasteiger partial charge in [0.1, 0.15) is 11.9 Å². The Bertz CT molecular complexity index is 823. The van der Waals surface area contributed by atoms with Crippen molar-refractivity contribution in [3.05, 3.63) is 46.4 Å². The Labute approximate surface area is 155 Å². The molecule has 1 aliphatic heterocycles.